The quantitative estimate of drug-likeness (QED) is 0.0305. The molecule has 0 saturated carbocycles. The summed E-state index contributed by atoms with van der Waals surface area (Å²) >= 11 is -4.66. The largest absolute Gasteiger partial charge is 1.00 e. The molecule has 13 nitrogen and oxygen atoms in total. The first-order valence-electron chi connectivity index (χ1n) is 34.8. The van der Waals surface area contributed by atoms with Crippen molar-refractivity contribution in [1.82, 2.24) is 4.98 Å². The molecule has 1 heterocycles. The molecular formula is C87H89Li4N3O10S2. The molecule has 0 aliphatic heterocycles. The second-order valence-electron chi connectivity index (χ2n) is 26.3. The summed E-state index contributed by atoms with van der Waals surface area (Å²) < 4.78 is 70.7. The normalized spacial score (nSPS) is 12.0. The molecule has 0 amide bonds. The zero-order valence-corrected chi connectivity index (χ0v) is 65.8. The van der Waals surface area contributed by atoms with Crippen molar-refractivity contribution >= 4 is 33.5 Å². The van der Waals surface area contributed by atoms with Crippen molar-refractivity contribution in [3.8, 4) is 46.0 Å². The molecule has 3 unspecified atom stereocenters. The van der Waals surface area contributed by atoms with Crippen molar-refractivity contribution in [3.63, 3.8) is 0 Å². The summed E-state index contributed by atoms with van der Waals surface area (Å²) in [4.78, 5) is 9.11. The average molecular weight is 1430 g/mol. The van der Waals surface area contributed by atoms with Gasteiger partial charge in [-0.05, 0) is 276 Å². The van der Waals surface area contributed by atoms with Crippen LogP contribution in [0.4, 0.5) is 11.4 Å². The molecule has 0 aliphatic carbocycles. The summed E-state index contributed by atoms with van der Waals surface area (Å²) in [6.45, 7) is 28.4. The van der Waals surface area contributed by atoms with Crippen LogP contribution in [0.1, 0.15) is 148 Å². The van der Waals surface area contributed by atoms with Crippen LogP contribution in [0.25, 0.3) is 0 Å². The van der Waals surface area contributed by atoms with E-state index in [1.165, 1.54) is 12.1 Å². The fourth-order valence-electron chi connectivity index (χ4n) is 12.9. The molecule has 11 aromatic rings. The van der Waals surface area contributed by atoms with Gasteiger partial charge in [0.25, 0.3) is 0 Å². The molecule has 3 atom stereocenters. The molecule has 528 valence electrons. The van der Waals surface area contributed by atoms with Crippen molar-refractivity contribution < 1.29 is 122 Å². The Morgan fingerprint density at radius 1 is 0.406 bits per heavy atom. The smallest absolute Gasteiger partial charge is 0.845 e. The summed E-state index contributed by atoms with van der Waals surface area (Å²) in [6.07, 6.45) is 3.69. The van der Waals surface area contributed by atoms with Gasteiger partial charge in [0.2, 0.25) is 0 Å². The summed E-state index contributed by atoms with van der Waals surface area (Å²) in [7, 11) is 0. The van der Waals surface area contributed by atoms with Crippen LogP contribution in [-0.4, -0.2) is 48.7 Å². The predicted molar refractivity (Wildman–Crippen MR) is 405 cm³/mol. The third-order valence-corrected chi connectivity index (χ3v) is 20.9. The number of rotatable bonds is 27. The number of hydrogen-bond acceptors (Lipinski definition) is 13. The number of aromatic nitrogens is 1. The number of anilines is 2. The van der Waals surface area contributed by atoms with Crippen LogP contribution < -0.4 is 114 Å². The van der Waals surface area contributed by atoms with Crippen molar-refractivity contribution in [2.75, 3.05) is 36.0 Å². The summed E-state index contributed by atoms with van der Waals surface area (Å²) in [5.41, 5.74) is 10.9. The maximum atomic E-state index is 15.9. The molecule has 106 heavy (non-hydrogen) atoms. The number of aryl methyl sites for hydroxylation is 4. The number of ether oxygens (including phenoxy) is 4. The van der Waals surface area contributed by atoms with Gasteiger partial charge >= 0.3 is 75.4 Å². The molecule has 19 heteroatoms. The fourth-order valence-corrected chi connectivity index (χ4v) is 14.0. The Morgan fingerprint density at radius 2 is 0.717 bits per heavy atom. The zero-order chi connectivity index (χ0) is 72.9. The Kier molecular flexibility index (Phi) is 32.8. The minimum Gasteiger partial charge on any atom is -0.845 e. The average Bonchev–Trinajstić information content (AvgIpc) is 0.750. The van der Waals surface area contributed by atoms with Gasteiger partial charge in [-0.2, -0.15) is 0 Å². The molecule has 1 aromatic heterocycles. The van der Waals surface area contributed by atoms with E-state index in [0.29, 0.717) is 91.4 Å². The Morgan fingerprint density at radius 3 is 1.04 bits per heavy atom. The predicted octanol–water partition coefficient (Wildman–Crippen LogP) is 6.62. The zero-order valence-electron chi connectivity index (χ0n) is 64.2. The van der Waals surface area contributed by atoms with Gasteiger partial charge in [-0.3, -0.25) is 13.4 Å². The second-order valence-corrected chi connectivity index (χ2v) is 28.1. The van der Waals surface area contributed by atoms with Crippen molar-refractivity contribution in [3.05, 3.63) is 315 Å². The van der Waals surface area contributed by atoms with Gasteiger partial charge in [0, 0.05) is 70.6 Å². The van der Waals surface area contributed by atoms with Gasteiger partial charge in [-0.25, -0.2) is 0 Å². The summed E-state index contributed by atoms with van der Waals surface area (Å²) in [6, 6.07) is 73.2. The first-order chi connectivity index (χ1) is 49.0. The maximum absolute atomic E-state index is 15.9. The van der Waals surface area contributed by atoms with Crippen molar-refractivity contribution in [2.24, 2.45) is 0 Å². The Bertz CT molecular complexity index is 4610. The van der Waals surface area contributed by atoms with Gasteiger partial charge in [-0.15, -0.1) is 0 Å². The van der Waals surface area contributed by atoms with Crippen LogP contribution in [-0.2, 0) is 51.4 Å². The summed E-state index contributed by atoms with van der Waals surface area (Å²) in [5.74, 6) is 4.72. The van der Waals surface area contributed by atoms with Gasteiger partial charge in [0.15, 0.2) is 0 Å². The molecule has 0 radical (unpaired) electrons. The van der Waals surface area contributed by atoms with E-state index in [2.05, 4.69) is 113 Å². The van der Waals surface area contributed by atoms with E-state index in [1.54, 1.807) is 62.6 Å². The monoisotopic (exact) mass is 1430 g/mol. The van der Waals surface area contributed by atoms with E-state index in [1.807, 2.05) is 153 Å². The molecule has 11 rings (SSSR count). The topological polar surface area (TPSA) is 183 Å². The van der Waals surface area contributed by atoms with Crippen LogP contribution >= 0.6 is 0 Å². The minimum absolute atomic E-state index is 0. The van der Waals surface area contributed by atoms with Crippen LogP contribution in [0.2, 0.25) is 0 Å². The van der Waals surface area contributed by atoms with Crippen molar-refractivity contribution in [1.29, 1.82) is 0 Å². The molecule has 0 N–H and O–H groups in total. The molecule has 0 aliphatic rings. The first-order valence-corrected chi connectivity index (χ1v) is 36.9. The summed E-state index contributed by atoms with van der Waals surface area (Å²) in [5, 5.41) is 29.1. The molecule has 0 fully saturated rings. The maximum Gasteiger partial charge on any atom is 1.00 e. The van der Waals surface area contributed by atoms with Gasteiger partial charge < -0.3 is 48.1 Å². The second kappa shape index (κ2) is 39.7. The Labute approximate surface area is 680 Å². The number of benzene rings is 10. The van der Waals surface area contributed by atoms with Gasteiger partial charge in [0.1, 0.15) is 46.0 Å². The van der Waals surface area contributed by atoms with Gasteiger partial charge in [-0.1, -0.05) is 156 Å². The molecule has 0 bridgehead atoms. The number of nitrogens with zero attached hydrogens (tertiary/aromatic N) is 3. The third kappa shape index (κ3) is 20.7. The third-order valence-electron chi connectivity index (χ3n) is 19.3. The number of pyridine rings is 1. The van der Waals surface area contributed by atoms with E-state index in [0.717, 1.165) is 77.4 Å². The first kappa shape index (κ1) is 87.6. The molecular weight excluding hydrogens is 1340 g/mol. The Balaban J connectivity index is 0.000000334. The standard InChI is InChI=1S/C51H57N2O5S.C36H34NO5S.4Li/c1-9-37-15-29-46(34-48(37)51(54,40-16-24-42(25-17-40)52(10-2)11-3)41-18-26-43(27-19-41)53(12-4)13-5)57-44-30-20-38(21-31-44)50(7,8)39-22-32-45(33-23-39)58-47-28-14-36(6)49(35-47)59(55)56;1-5-25-9-15-31(21-33(25)35(38)26-7-6-20-37-23-26)41-29-16-10-27(11-17-29)36(3,4)28-12-18-30(19-13-28)42-32-14-8-24(2)34(22-32)43(39)40;;;;/h14-35H,9-13H2,1-8H3,(H,55,56);6-23,35H,5H2,1-4H3,(H,39,40);;;;/q2*-1;4*+1/p-2. The minimum atomic E-state index is -2.34. The van der Waals surface area contributed by atoms with Crippen LogP contribution in [0, 0.1) is 13.8 Å². The van der Waals surface area contributed by atoms with E-state index in [4.69, 9.17) is 18.9 Å². The van der Waals surface area contributed by atoms with E-state index < -0.39 is 33.9 Å². The van der Waals surface area contributed by atoms with Crippen LogP contribution in [0.15, 0.2) is 253 Å². The van der Waals surface area contributed by atoms with Crippen LogP contribution in [0.5, 0.6) is 46.0 Å². The fraction of sp³-hybridized carbons (Fsp3) is 0.253. The van der Waals surface area contributed by atoms with E-state index >= 15 is 5.11 Å². The molecule has 10 aromatic carbocycles. The molecule has 0 saturated heterocycles. The van der Waals surface area contributed by atoms with E-state index in [-0.39, 0.29) is 96.1 Å². The van der Waals surface area contributed by atoms with Crippen LogP contribution in [0.3, 0.4) is 0 Å². The SMILES string of the molecule is CCc1ccc(Oc2ccc(C(C)(C)c3ccc(Oc4ccc(C)c(S(=O)[O-])c4)cc3)cc2)cc1C([O-])(c1ccc(N(CC)CC)cc1)c1ccc(N(CC)CC)cc1.CCc1ccc(Oc2ccc(C(C)(C)c3ccc(Oc4ccc(C)c(S(=O)[O-])c4)cc3)cc2)cc1C([O-])c1cccnc1.[Li+].[Li+].[Li+].[Li+]. The Hall–Kier alpha value is -7.32. The van der Waals surface area contributed by atoms with Crippen molar-refractivity contribution in [2.45, 2.75) is 128 Å². The molecule has 0 spiro atoms. The van der Waals surface area contributed by atoms with E-state index in [9.17, 15) is 22.6 Å². The number of hydrogen-bond donors (Lipinski definition) is 0. The van der Waals surface area contributed by atoms with Gasteiger partial charge in [0.05, 0.1) is 0 Å².